The Balaban J connectivity index is 2.90. The molecule has 0 amide bonds. The van der Waals surface area contributed by atoms with Gasteiger partial charge in [-0.15, -0.1) is 11.6 Å². The van der Waals surface area contributed by atoms with Crippen LogP contribution in [0.15, 0.2) is 22.8 Å². The van der Waals surface area contributed by atoms with Crippen LogP contribution in [0, 0.1) is 0 Å². The van der Waals surface area contributed by atoms with Crippen molar-refractivity contribution >= 4 is 39.1 Å². The smallest absolute Gasteiger partial charge is 0.0583 e. The number of halogens is 3. The summed E-state index contributed by atoms with van der Waals surface area (Å²) in [6, 6.07) is 0. The van der Waals surface area contributed by atoms with Crippen LogP contribution in [0.4, 0.5) is 0 Å². The van der Waals surface area contributed by atoms with Crippen molar-refractivity contribution in [2.75, 3.05) is 0 Å². The van der Waals surface area contributed by atoms with E-state index in [1.807, 2.05) is 6.08 Å². The predicted molar refractivity (Wildman–Crippen MR) is 63.9 cm³/mol. The number of allylic oxidation sites excluding steroid dienone is 3. The normalized spacial score (nSPS) is 35.9. The van der Waals surface area contributed by atoms with Crippen LogP contribution in [0.3, 0.4) is 0 Å². The van der Waals surface area contributed by atoms with Crippen molar-refractivity contribution in [3.8, 4) is 0 Å². The molecule has 1 rings (SSSR count). The summed E-state index contributed by atoms with van der Waals surface area (Å²) in [4.78, 5) is 0.168. The molecule has 1 aliphatic rings. The molecule has 0 aliphatic heterocycles. The van der Waals surface area contributed by atoms with Gasteiger partial charge in [0.15, 0.2) is 0 Å². The fourth-order valence-corrected chi connectivity index (χ4v) is 2.55. The summed E-state index contributed by atoms with van der Waals surface area (Å²) < 4.78 is 0. The highest BCUT2D eigenvalue weighted by Crippen LogP contribution is 2.41. The van der Waals surface area contributed by atoms with Gasteiger partial charge in [0.05, 0.1) is 4.87 Å². The third-order valence-corrected chi connectivity index (χ3v) is 4.60. The lowest BCUT2D eigenvalue weighted by Crippen LogP contribution is -2.33. The Labute approximate surface area is 98.1 Å². The Morgan fingerprint density at radius 2 is 2.23 bits per heavy atom. The quantitative estimate of drug-likeness (QED) is 0.617. The highest BCUT2D eigenvalue weighted by atomic mass is 79.9. The minimum atomic E-state index is -0.159. The lowest BCUT2D eigenvalue weighted by atomic mass is 9.85. The van der Waals surface area contributed by atoms with Gasteiger partial charge in [-0.2, -0.15) is 0 Å². The van der Waals surface area contributed by atoms with Gasteiger partial charge in [0.1, 0.15) is 0 Å². The number of hydrogen-bond donors (Lipinski definition) is 0. The van der Waals surface area contributed by atoms with Crippen LogP contribution >= 0.6 is 39.1 Å². The Bertz CT molecular complexity index is 254. The van der Waals surface area contributed by atoms with Gasteiger partial charge in [0.25, 0.3) is 0 Å². The van der Waals surface area contributed by atoms with Gasteiger partial charge < -0.3 is 0 Å². The van der Waals surface area contributed by atoms with E-state index in [1.54, 1.807) is 5.54 Å². The molecule has 0 aromatic carbocycles. The summed E-state index contributed by atoms with van der Waals surface area (Å²) in [5, 5.41) is 0. The zero-order valence-corrected chi connectivity index (χ0v) is 10.9. The Hall–Kier alpha value is 0.540. The molecule has 13 heavy (non-hydrogen) atoms. The minimum absolute atomic E-state index is 0.159. The van der Waals surface area contributed by atoms with E-state index in [0.29, 0.717) is 4.83 Å². The van der Waals surface area contributed by atoms with Gasteiger partial charge in [-0.05, 0) is 38.3 Å². The van der Waals surface area contributed by atoms with Gasteiger partial charge in [0.2, 0.25) is 0 Å². The van der Waals surface area contributed by atoms with Crippen LogP contribution in [-0.4, -0.2) is 9.70 Å². The average Bonchev–Trinajstić information content (AvgIpc) is 2.00. The fraction of sp³-hybridized carbons (Fsp3) is 0.600. The highest BCUT2D eigenvalue weighted by Gasteiger charge is 2.34. The van der Waals surface area contributed by atoms with E-state index in [0.717, 1.165) is 12.8 Å². The van der Waals surface area contributed by atoms with Gasteiger partial charge in [-0.25, -0.2) is 0 Å². The summed E-state index contributed by atoms with van der Waals surface area (Å²) in [6.07, 6.45) is 3.83. The van der Waals surface area contributed by atoms with Crippen LogP contribution in [-0.2, 0) is 0 Å². The van der Waals surface area contributed by atoms with Crippen LogP contribution in [0.25, 0.3) is 0 Å². The second-order valence-electron chi connectivity index (χ2n) is 3.72. The summed E-state index contributed by atoms with van der Waals surface area (Å²) >= 11 is 15.5. The molecule has 3 heteroatoms. The number of rotatable bonds is 1. The first-order valence-electron chi connectivity index (χ1n) is 4.26. The Morgan fingerprint density at radius 3 is 2.77 bits per heavy atom. The minimum Gasteiger partial charge on any atom is -0.118 e. The van der Waals surface area contributed by atoms with Crippen molar-refractivity contribution in [2.24, 2.45) is 0 Å². The maximum absolute atomic E-state index is 6.34. The SMILES string of the molecule is CC1=C(/C=C/Cl)C[C@@H](Br)[C@@](C)(Cl)C1. The summed E-state index contributed by atoms with van der Waals surface area (Å²) in [5.41, 5.74) is 4.20. The van der Waals surface area contributed by atoms with E-state index in [1.165, 1.54) is 11.1 Å². The molecular weight excluding hydrogens is 271 g/mol. The highest BCUT2D eigenvalue weighted by molar-refractivity contribution is 9.09. The molecule has 74 valence electrons. The van der Waals surface area contributed by atoms with Crippen LogP contribution in [0.5, 0.6) is 0 Å². The van der Waals surface area contributed by atoms with Crippen molar-refractivity contribution in [1.82, 2.24) is 0 Å². The standard InChI is InChI=1S/C10H13BrCl2/c1-7-6-10(2,13)9(11)5-8(7)3-4-12/h3-4,9H,5-6H2,1-2H3/b4-3+/t9-,10+/m1/s1. The second kappa shape index (κ2) is 4.37. The Kier molecular flexibility index (Phi) is 3.91. The van der Waals surface area contributed by atoms with E-state index in [-0.39, 0.29) is 4.87 Å². The van der Waals surface area contributed by atoms with E-state index in [2.05, 4.69) is 29.8 Å². The molecule has 0 heterocycles. The molecule has 0 N–H and O–H groups in total. The van der Waals surface area contributed by atoms with Crippen molar-refractivity contribution < 1.29 is 0 Å². The largest absolute Gasteiger partial charge is 0.118 e. The number of alkyl halides is 2. The van der Waals surface area contributed by atoms with Gasteiger partial charge >= 0.3 is 0 Å². The van der Waals surface area contributed by atoms with Crippen LogP contribution in [0.1, 0.15) is 26.7 Å². The summed E-state index contributed by atoms with van der Waals surface area (Å²) in [5.74, 6) is 0. The van der Waals surface area contributed by atoms with E-state index < -0.39 is 0 Å². The van der Waals surface area contributed by atoms with E-state index in [9.17, 15) is 0 Å². The third kappa shape index (κ3) is 2.74. The van der Waals surface area contributed by atoms with Crippen molar-refractivity contribution in [2.45, 2.75) is 36.4 Å². The molecule has 0 nitrogen and oxygen atoms in total. The molecule has 0 fully saturated rings. The Morgan fingerprint density at radius 1 is 1.62 bits per heavy atom. The molecular formula is C10H13BrCl2. The topological polar surface area (TPSA) is 0 Å². The number of hydrogen-bond acceptors (Lipinski definition) is 0. The molecule has 0 radical (unpaired) electrons. The molecule has 2 atom stereocenters. The second-order valence-corrected chi connectivity index (χ2v) is 5.95. The maximum atomic E-state index is 6.34. The van der Waals surface area contributed by atoms with Crippen molar-refractivity contribution in [1.29, 1.82) is 0 Å². The average molecular weight is 284 g/mol. The molecule has 0 saturated heterocycles. The predicted octanol–water partition coefficient (Wildman–Crippen LogP) is 4.61. The molecule has 0 saturated carbocycles. The summed E-state index contributed by atoms with van der Waals surface area (Å²) in [6.45, 7) is 4.18. The van der Waals surface area contributed by atoms with Gasteiger partial charge in [0, 0.05) is 10.4 Å². The van der Waals surface area contributed by atoms with Crippen molar-refractivity contribution in [3.63, 3.8) is 0 Å². The molecule has 0 aromatic heterocycles. The van der Waals surface area contributed by atoms with Gasteiger partial charge in [-0.3, -0.25) is 0 Å². The zero-order valence-electron chi connectivity index (χ0n) is 7.78. The molecule has 0 unspecified atom stereocenters. The van der Waals surface area contributed by atoms with Gasteiger partial charge in [-0.1, -0.05) is 33.1 Å². The first-order valence-corrected chi connectivity index (χ1v) is 5.99. The zero-order chi connectivity index (χ0) is 10.1. The molecule has 1 aliphatic carbocycles. The van der Waals surface area contributed by atoms with Crippen LogP contribution < -0.4 is 0 Å². The third-order valence-electron chi connectivity index (χ3n) is 2.48. The lowest BCUT2D eigenvalue weighted by Gasteiger charge is -2.34. The van der Waals surface area contributed by atoms with Crippen LogP contribution in [0.2, 0.25) is 0 Å². The first-order chi connectivity index (χ1) is 5.97. The van der Waals surface area contributed by atoms with Crippen molar-refractivity contribution in [3.05, 3.63) is 22.8 Å². The molecule has 0 spiro atoms. The summed E-state index contributed by atoms with van der Waals surface area (Å²) in [7, 11) is 0. The molecule has 0 bridgehead atoms. The fourth-order valence-electron chi connectivity index (χ4n) is 1.61. The maximum Gasteiger partial charge on any atom is 0.0583 e. The van der Waals surface area contributed by atoms with E-state index in [4.69, 9.17) is 23.2 Å². The molecule has 0 aromatic rings. The van der Waals surface area contributed by atoms with E-state index >= 15 is 0 Å². The first kappa shape index (κ1) is 11.6. The monoisotopic (exact) mass is 282 g/mol. The lowest BCUT2D eigenvalue weighted by molar-refractivity contribution is 0.560.